The summed E-state index contributed by atoms with van der Waals surface area (Å²) in [5, 5.41) is 5.40. The minimum absolute atomic E-state index is 0.963. The summed E-state index contributed by atoms with van der Waals surface area (Å²) in [6.07, 6.45) is 0. The molecule has 5 aromatic carbocycles. The molecule has 0 unspecified atom stereocenters. The Kier molecular flexibility index (Phi) is 4.65. The highest BCUT2D eigenvalue weighted by Crippen LogP contribution is 2.32. The van der Waals surface area contributed by atoms with Gasteiger partial charge in [0.1, 0.15) is 0 Å². The number of rotatable bonds is 4. The zero-order chi connectivity index (χ0) is 22.5. The van der Waals surface area contributed by atoms with Gasteiger partial charge in [-0.05, 0) is 61.7 Å². The molecule has 0 saturated carbocycles. The molecular weight excluding hydrogens is 412 g/mol. The lowest BCUT2D eigenvalue weighted by molar-refractivity contribution is 0.239. The van der Waals surface area contributed by atoms with Gasteiger partial charge in [-0.25, -0.2) is 0 Å². The first-order chi connectivity index (χ1) is 16.8. The Bertz CT molecular complexity index is 1340. The Morgan fingerprint density at radius 3 is 1.82 bits per heavy atom. The van der Waals surface area contributed by atoms with Crippen LogP contribution in [0, 0.1) is 12.1 Å². The van der Waals surface area contributed by atoms with Crippen LogP contribution in [0.5, 0.6) is 0 Å². The molecule has 0 amide bonds. The van der Waals surface area contributed by atoms with Crippen LogP contribution in [0.15, 0.2) is 84.9 Å². The van der Waals surface area contributed by atoms with Crippen molar-refractivity contribution in [2.45, 2.75) is 39.3 Å². The van der Waals surface area contributed by atoms with Crippen LogP contribution >= 0.6 is 0 Å². The summed E-state index contributed by atoms with van der Waals surface area (Å²) in [7, 11) is 0. The van der Waals surface area contributed by atoms with Crippen LogP contribution in [0.4, 0.5) is 0 Å². The van der Waals surface area contributed by atoms with E-state index in [1.165, 1.54) is 54.9 Å². The molecule has 0 atom stereocenters. The number of hydrogen-bond acceptors (Lipinski definition) is 2. The van der Waals surface area contributed by atoms with Gasteiger partial charge in [0, 0.05) is 44.7 Å². The van der Waals surface area contributed by atoms with Gasteiger partial charge >= 0.3 is 0 Å². The number of benzene rings is 4. The molecule has 5 aromatic rings. The fraction of sp³-hybridized carbons (Fsp3) is 0.188. The van der Waals surface area contributed by atoms with Gasteiger partial charge in [0.15, 0.2) is 0 Å². The predicted molar refractivity (Wildman–Crippen MR) is 138 cm³/mol. The lowest BCUT2D eigenvalue weighted by atomic mass is 9.95. The third-order valence-corrected chi connectivity index (χ3v) is 7.38. The largest absolute Gasteiger partial charge is 0.291 e. The van der Waals surface area contributed by atoms with Crippen molar-refractivity contribution in [1.82, 2.24) is 9.80 Å². The first kappa shape index (κ1) is 19.8. The van der Waals surface area contributed by atoms with E-state index in [2.05, 4.69) is 107 Å². The molecule has 2 heteroatoms. The maximum absolute atomic E-state index is 3.28. The topological polar surface area (TPSA) is 6.48 Å². The first-order valence-corrected chi connectivity index (χ1v) is 12.1. The van der Waals surface area contributed by atoms with Crippen molar-refractivity contribution in [2.24, 2.45) is 0 Å². The van der Waals surface area contributed by atoms with E-state index in [9.17, 15) is 0 Å². The molecule has 0 spiro atoms. The molecule has 2 aliphatic rings. The van der Waals surface area contributed by atoms with E-state index in [4.69, 9.17) is 0 Å². The van der Waals surface area contributed by atoms with Gasteiger partial charge in [-0.3, -0.25) is 9.80 Å². The van der Waals surface area contributed by atoms with E-state index in [0.717, 1.165) is 39.3 Å². The Morgan fingerprint density at radius 1 is 0.588 bits per heavy atom. The fourth-order valence-corrected chi connectivity index (χ4v) is 6.02. The summed E-state index contributed by atoms with van der Waals surface area (Å²) in [5.74, 6) is 0. The highest BCUT2D eigenvalue weighted by Gasteiger charge is 2.20. The molecule has 2 heterocycles. The summed E-state index contributed by atoms with van der Waals surface area (Å²) in [6.45, 7) is 5.92. The standard InChI is InChI=1S/C32H26N2/c1-6-23(17-33-19-27-12-2-8-25-9-3-13-28(20-33)31(25)27)16-24(7-1)18-34-21-29-14-4-10-26-11-5-15-30(22-34)32(26)29/h1-4,6-10,12-16H,17-22H2. The SMILES string of the molecule is c1cc2c3c(cccc3c#1)CN(Cc1cccc(CN3Cc4cccc5cccc(c45)C3)c1)C2. The normalized spacial score (nSPS) is 15.5. The number of nitrogens with zero attached hydrogens (tertiary/aromatic N) is 2. The van der Waals surface area contributed by atoms with E-state index in [0.29, 0.717) is 0 Å². The Hall–Kier alpha value is -3.64. The third-order valence-electron chi connectivity index (χ3n) is 7.38. The van der Waals surface area contributed by atoms with Gasteiger partial charge in [0.25, 0.3) is 0 Å². The maximum atomic E-state index is 3.28. The van der Waals surface area contributed by atoms with Gasteiger partial charge in [-0.2, -0.15) is 0 Å². The maximum Gasteiger partial charge on any atom is 0.0328 e. The summed E-state index contributed by atoms with van der Waals surface area (Å²) in [6, 6.07) is 37.8. The fourth-order valence-electron chi connectivity index (χ4n) is 6.02. The smallest absolute Gasteiger partial charge is 0.0328 e. The van der Waals surface area contributed by atoms with Gasteiger partial charge < -0.3 is 0 Å². The van der Waals surface area contributed by atoms with Crippen LogP contribution in [0.3, 0.4) is 0 Å². The third kappa shape index (κ3) is 3.46. The summed E-state index contributed by atoms with van der Waals surface area (Å²) in [4.78, 5) is 5.11. The van der Waals surface area contributed by atoms with E-state index >= 15 is 0 Å². The van der Waals surface area contributed by atoms with Gasteiger partial charge in [-0.1, -0.05) is 84.9 Å². The zero-order valence-electron chi connectivity index (χ0n) is 19.2. The average Bonchev–Trinajstić information content (AvgIpc) is 2.85. The molecule has 2 nitrogen and oxygen atoms in total. The quantitative estimate of drug-likeness (QED) is 0.311. The monoisotopic (exact) mass is 438 g/mol. The number of hydrogen-bond donors (Lipinski definition) is 0. The second-order valence-corrected chi connectivity index (χ2v) is 9.82. The lowest BCUT2D eigenvalue weighted by Crippen LogP contribution is -2.27. The second kappa shape index (κ2) is 7.99. The predicted octanol–water partition coefficient (Wildman–Crippen LogP) is 6.62. The van der Waals surface area contributed by atoms with E-state index < -0.39 is 0 Å². The van der Waals surface area contributed by atoms with Gasteiger partial charge in [-0.15, -0.1) is 0 Å². The van der Waals surface area contributed by atoms with Crippen LogP contribution in [-0.4, -0.2) is 9.80 Å². The Labute approximate surface area is 201 Å². The zero-order valence-corrected chi connectivity index (χ0v) is 19.2. The Morgan fingerprint density at radius 2 is 1.15 bits per heavy atom. The van der Waals surface area contributed by atoms with Crippen LogP contribution in [0.1, 0.15) is 33.4 Å². The van der Waals surface area contributed by atoms with Crippen molar-refractivity contribution < 1.29 is 0 Å². The van der Waals surface area contributed by atoms with Crippen molar-refractivity contribution in [3.8, 4) is 0 Å². The van der Waals surface area contributed by atoms with E-state index in [1.54, 1.807) is 0 Å². The molecule has 0 aliphatic carbocycles. The van der Waals surface area contributed by atoms with Crippen LogP contribution < -0.4 is 0 Å². The molecule has 0 bridgehead atoms. The van der Waals surface area contributed by atoms with Crippen LogP contribution in [0.2, 0.25) is 0 Å². The van der Waals surface area contributed by atoms with Gasteiger partial charge in [0.2, 0.25) is 0 Å². The van der Waals surface area contributed by atoms with E-state index in [-0.39, 0.29) is 0 Å². The molecule has 0 aromatic heterocycles. The van der Waals surface area contributed by atoms with Crippen LogP contribution in [-0.2, 0) is 39.3 Å². The van der Waals surface area contributed by atoms with Crippen molar-refractivity contribution >= 4 is 21.5 Å². The molecule has 2 aliphatic heterocycles. The van der Waals surface area contributed by atoms with E-state index in [1.807, 2.05) is 0 Å². The van der Waals surface area contributed by atoms with Crippen molar-refractivity contribution in [3.05, 3.63) is 130 Å². The molecule has 7 rings (SSSR count). The average molecular weight is 439 g/mol. The van der Waals surface area contributed by atoms with Crippen molar-refractivity contribution in [1.29, 1.82) is 0 Å². The molecule has 0 saturated heterocycles. The summed E-state index contributed by atoms with van der Waals surface area (Å²) < 4.78 is 0. The van der Waals surface area contributed by atoms with Gasteiger partial charge in [0.05, 0.1) is 0 Å². The minimum atomic E-state index is 0.963. The molecule has 0 radical (unpaired) electrons. The molecular formula is C32H26N2. The van der Waals surface area contributed by atoms with Crippen molar-refractivity contribution in [2.75, 3.05) is 0 Å². The lowest BCUT2D eigenvalue weighted by Gasteiger charge is -2.30. The molecule has 34 heavy (non-hydrogen) atoms. The Balaban J connectivity index is 1.09. The minimum Gasteiger partial charge on any atom is -0.291 e. The summed E-state index contributed by atoms with van der Waals surface area (Å²) >= 11 is 0. The van der Waals surface area contributed by atoms with Crippen LogP contribution in [0.25, 0.3) is 21.5 Å². The molecule has 164 valence electrons. The second-order valence-electron chi connectivity index (χ2n) is 9.82. The molecule has 0 N–H and O–H groups in total. The molecule has 0 fully saturated rings. The van der Waals surface area contributed by atoms with Crippen molar-refractivity contribution in [3.63, 3.8) is 0 Å². The first-order valence-electron chi connectivity index (χ1n) is 12.1. The summed E-state index contributed by atoms with van der Waals surface area (Å²) in [5.41, 5.74) is 8.45. The highest BCUT2D eigenvalue weighted by molar-refractivity contribution is 5.89. The highest BCUT2D eigenvalue weighted by atomic mass is 15.1.